The highest BCUT2D eigenvalue weighted by Crippen LogP contribution is 2.36. The number of benzene rings is 1. The molecule has 0 aliphatic carbocycles. The molecule has 0 aromatic heterocycles. The molecule has 14 heavy (non-hydrogen) atoms. The summed E-state index contributed by atoms with van der Waals surface area (Å²) in [6.07, 6.45) is 0. The summed E-state index contributed by atoms with van der Waals surface area (Å²) in [5, 5.41) is 0.362. The zero-order chi connectivity index (χ0) is 11.0. The molecule has 3 heteroatoms. The first-order valence-corrected chi connectivity index (χ1v) is 4.99. The summed E-state index contributed by atoms with van der Waals surface area (Å²) in [6, 6.07) is 0. The monoisotopic (exact) mass is 215 g/mol. The largest absolute Gasteiger partial charge is 0.395 e. The van der Waals surface area contributed by atoms with Crippen molar-refractivity contribution in [2.24, 2.45) is 0 Å². The predicted molar refractivity (Wildman–Crippen MR) is 59.4 cm³/mol. The third-order valence-corrected chi connectivity index (χ3v) is 2.99. The van der Waals surface area contributed by atoms with Gasteiger partial charge in [-0.2, -0.15) is 0 Å². The minimum atomic E-state index is -0.392. The van der Waals surface area contributed by atoms with Crippen molar-refractivity contribution in [2.45, 2.75) is 33.6 Å². The van der Waals surface area contributed by atoms with Crippen molar-refractivity contribution in [1.29, 1.82) is 0 Å². The normalized spacial score (nSPS) is 11.1. The highest BCUT2D eigenvalue weighted by Gasteiger charge is 2.18. The van der Waals surface area contributed by atoms with Crippen molar-refractivity contribution < 1.29 is 4.39 Å². The van der Waals surface area contributed by atoms with Crippen LogP contribution in [0.5, 0.6) is 0 Å². The van der Waals surface area contributed by atoms with Gasteiger partial charge in [0.1, 0.15) is 0 Å². The molecule has 1 rings (SSSR count). The maximum absolute atomic E-state index is 13.5. The van der Waals surface area contributed by atoms with Crippen LogP contribution in [0.1, 0.15) is 36.5 Å². The molecule has 0 fully saturated rings. The molecule has 0 aliphatic heterocycles. The Morgan fingerprint density at radius 1 is 1.21 bits per heavy atom. The summed E-state index contributed by atoms with van der Waals surface area (Å²) < 4.78 is 13.5. The highest BCUT2D eigenvalue weighted by molar-refractivity contribution is 6.34. The van der Waals surface area contributed by atoms with E-state index in [-0.39, 0.29) is 11.6 Å². The van der Waals surface area contributed by atoms with E-state index in [1.54, 1.807) is 6.92 Å². The van der Waals surface area contributed by atoms with Crippen LogP contribution >= 0.6 is 11.6 Å². The molecule has 1 nitrogen and oxygen atoms in total. The van der Waals surface area contributed by atoms with Gasteiger partial charge in [-0.15, -0.1) is 0 Å². The lowest BCUT2D eigenvalue weighted by Crippen LogP contribution is -2.04. The van der Waals surface area contributed by atoms with Crippen LogP contribution in [0.4, 0.5) is 10.1 Å². The lowest BCUT2D eigenvalue weighted by molar-refractivity contribution is 0.619. The van der Waals surface area contributed by atoms with Gasteiger partial charge in [0.15, 0.2) is 5.82 Å². The molecule has 2 N–H and O–H groups in total. The van der Waals surface area contributed by atoms with E-state index in [4.69, 9.17) is 17.3 Å². The summed E-state index contributed by atoms with van der Waals surface area (Å²) in [5.74, 6) is -0.138. The van der Waals surface area contributed by atoms with Crippen molar-refractivity contribution in [3.05, 3.63) is 27.5 Å². The molecule has 78 valence electrons. The van der Waals surface area contributed by atoms with Crippen LogP contribution in [-0.2, 0) is 0 Å². The maximum atomic E-state index is 13.5. The van der Waals surface area contributed by atoms with Gasteiger partial charge in [-0.3, -0.25) is 0 Å². The lowest BCUT2D eigenvalue weighted by Gasteiger charge is -2.17. The number of halogens is 2. The van der Waals surface area contributed by atoms with Crippen LogP contribution < -0.4 is 5.73 Å². The Morgan fingerprint density at radius 3 is 2.14 bits per heavy atom. The SMILES string of the molecule is Cc1c(C)c(C(C)C)c(Cl)c(N)c1F. The van der Waals surface area contributed by atoms with Crippen molar-refractivity contribution >= 4 is 17.3 Å². The number of hydrogen-bond acceptors (Lipinski definition) is 1. The van der Waals surface area contributed by atoms with Gasteiger partial charge < -0.3 is 5.73 Å². The summed E-state index contributed by atoms with van der Waals surface area (Å²) >= 11 is 6.01. The van der Waals surface area contributed by atoms with E-state index >= 15 is 0 Å². The number of nitrogens with two attached hydrogens (primary N) is 1. The van der Waals surface area contributed by atoms with Crippen LogP contribution in [0.25, 0.3) is 0 Å². The molecule has 0 amide bonds. The third kappa shape index (κ3) is 1.59. The maximum Gasteiger partial charge on any atom is 0.150 e. The number of hydrogen-bond donors (Lipinski definition) is 1. The summed E-state index contributed by atoms with van der Waals surface area (Å²) in [7, 11) is 0. The van der Waals surface area contributed by atoms with Gasteiger partial charge in [-0.1, -0.05) is 25.4 Å². The molecule has 0 spiro atoms. The second kappa shape index (κ2) is 3.77. The van der Waals surface area contributed by atoms with Gasteiger partial charge in [0.25, 0.3) is 0 Å². The van der Waals surface area contributed by atoms with Crippen LogP contribution in [0.15, 0.2) is 0 Å². The summed E-state index contributed by atoms with van der Waals surface area (Å²) in [5.41, 5.74) is 8.09. The molecule has 0 unspecified atom stereocenters. The molecule has 0 radical (unpaired) electrons. The van der Waals surface area contributed by atoms with E-state index in [2.05, 4.69) is 0 Å². The Kier molecular flexibility index (Phi) is 3.05. The standard InChI is InChI=1S/C11H15ClFN/c1-5(2)8-6(3)7(4)10(13)11(14)9(8)12/h5H,14H2,1-4H3. The Hall–Kier alpha value is -0.760. The molecule has 0 heterocycles. The first-order chi connectivity index (χ1) is 6.37. The molecular formula is C11H15ClFN. The van der Waals surface area contributed by atoms with E-state index in [0.29, 0.717) is 10.6 Å². The Labute approximate surface area is 89.1 Å². The zero-order valence-electron chi connectivity index (χ0n) is 8.91. The quantitative estimate of drug-likeness (QED) is 0.709. The first-order valence-electron chi connectivity index (χ1n) is 4.61. The second-order valence-electron chi connectivity index (χ2n) is 3.86. The average molecular weight is 216 g/mol. The Bertz CT molecular complexity index is 343. The molecule has 0 atom stereocenters. The van der Waals surface area contributed by atoms with Crippen molar-refractivity contribution in [3.8, 4) is 0 Å². The van der Waals surface area contributed by atoms with Crippen molar-refractivity contribution in [1.82, 2.24) is 0 Å². The van der Waals surface area contributed by atoms with Crippen LogP contribution in [-0.4, -0.2) is 0 Å². The molecule has 1 aromatic carbocycles. The smallest absolute Gasteiger partial charge is 0.150 e. The van der Waals surface area contributed by atoms with E-state index in [9.17, 15) is 4.39 Å². The molecule has 0 saturated carbocycles. The van der Waals surface area contributed by atoms with Crippen LogP contribution in [0.2, 0.25) is 5.02 Å². The van der Waals surface area contributed by atoms with Gasteiger partial charge in [0, 0.05) is 0 Å². The van der Waals surface area contributed by atoms with Crippen molar-refractivity contribution in [2.75, 3.05) is 5.73 Å². The fourth-order valence-electron chi connectivity index (χ4n) is 1.66. The van der Waals surface area contributed by atoms with Gasteiger partial charge in [-0.05, 0) is 36.5 Å². The molecular weight excluding hydrogens is 201 g/mol. The Balaban J connectivity index is 3.60. The van der Waals surface area contributed by atoms with Crippen molar-refractivity contribution in [3.63, 3.8) is 0 Å². The highest BCUT2D eigenvalue weighted by atomic mass is 35.5. The second-order valence-corrected chi connectivity index (χ2v) is 4.24. The molecule has 0 saturated heterocycles. The molecule has 0 aliphatic rings. The van der Waals surface area contributed by atoms with E-state index in [1.165, 1.54) is 0 Å². The van der Waals surface area contributed by atoms with Gasteiger partial charge in [0.05, 0.1) is 10.7 Å². The van der Waals surface area contributed by atoms with Gasteiger partial charge in [-0.25, -0.2) is 4.39 Å². The topological polar surface area (TPSA) is 26.0 Å². The molecule has 0 bridgehead atoms. The third-order valence-electron chi connectivity index (χ3n) is 2.58. The average Bonchev–Trinajstić information content (AvgIpc) is 2.11. The minimum absolute atomic E-state index is 0.0680. The number of anilines is 1. The molecule has 1 aromatic rings. The van der Waals surface area contributed by atoms with E-state index in [1.807, 2.05) is 20.8 Å². The Morgan fingerprint density at radius 2 is 1.71 bits per heavy atom. The minimum Gasteiger partial charge on any atom is -0.395 e. The number of rotatable bonds is 1. The summed E-state index contributed by atoms with van der Waals surface area (Å²) in [4.78, 5) is 0. The van der Waals surface area contributed by atoms with E-state index in [0.717, 1.165) is 11.1 Å². The summed E-state index contributed by atoms with van der Waals surface area (Å²) in [6.45, 7) is 7.64. The predicted octanol–water partition coefficient (Wildman–Crippen LogP) is 3.80. The van der Waals surface area contributed by atoms with Crippen LogP contribution in [0.3, 0.4) is 0 Å². The zero-order valence-corrected chi connectivity index (χ0v) is 9.67. The van der Waals surface area contributed by atoms with Gasteiger partial charge in [0.2, 0.25) is 0 Å². The van der Waals surface area contributed by atoms with E-state index < -0.39 is 5.82 Å². The lowest BCUT2D eigenvalue weighted by atomic mass is 9.93. The van der Waals surface area contributed by atoms with Crippen LogP contribution in [0, 0.1) is 19.7 Å². The fourth-order valence-corrected chi connectivity index (χ4v) is 2.10. The number of nitrogen functional groups attached to an aromatic ring is 1. The fraction of sp³-hybridized carbons (Fsp3) is 0.455. The van der Waals surface area contributed by atoms with Gasteiger partial charge >= 0.3 is 0 Å². The first kappa shape index (κ1) is 11.3.